The summed E-state index contributed by atoms with van der Waals surface area (Å²) in [4.78, 5) is 23.6. The summed E-state index contributed by atoms with van der Waals surface area (Å²) >= 11 is 0. The average molecular weight is 309 g/mol. The lowest BCUT2D eigenvalue weighted by Crippen LogP contribution is -2.49. The van der Waals surface area contributed by atoms with Gasteiger partial charge in [-0.15, -0.1) is 0 Å². The number of nitrogens with one attached hydrogen (secondary N) is 3. The lowest BCUT2D eigenvalue weighted by Gasteiger charge is -2.17. The summed E-state index contributed by atoms with van der Waals surface area (Å²) in [5.74, 6) is -0.495. The van der Waals surface area contributed by atoms with Gasteiger partial charge in [-0.3, -0.25) is 4.79 Å². The van der Waals surface area contributed by atoms with Gasteiger partial charge in [-0.05, 0) is 44.4 Å². The molecular weight excluding hydrogens is 285 g/mol. The van der Waals surface area contributed by atoms with E-state index < -0.39 is 12.1 Å². The number of aryl methyl sites for hydroxylation is 1. The highest BCUT2D eigenvalue weighted by Crippen LogP contribution is 2.08. The minimum absolute atomic E-state index is 0.0713. The van der Waals surface area contributed by atoms with Crippen LogP contribution in [0.25, 0.3) is 0 Å². The fraction of sp³-hybridized carbons (Fsp3) is 0.500. The van der Waals surface area contributed by atoms with Crippen LogP contribution in [0, 0.1) is 12.7 Å². The zero-order valence-electron chi connectivity index (χ0n) is 13.5. The molecule has 0 unspecified atom stereocenters. The van der Waals surface area contributed by atoms with Crippen molar-refractivity contribution in [2.45, 2.75) is 52.7 Å². The zero-order chi connectivity index (χ0) is 16.7. The van der Waals surface area contributed by atoms with E-state index in [2.05, 4.69) is 16.0 Å². The highest BCUT2D eigenvalue weighted by atomic mass is 19.1. The van der Waals surface area contributed by atoms with Gasteiger partial charge >= 0.3 is 6.03 Å². The number of halogens is 1. The molecular formula is C16H24FN3O2. The minimum Gasteiger partial charge on any atom is -0.352 e. The van der Waals surface area contributed by atoms with E-state index in [1.54, 1.807) is 26.0 Å². The molecule has 22 heavy (non-hydrogen) atoms. The van der Waals surface area contributed by atoms with Crippen molar-refractivity contribution in [3.05, 3.63) is 35.1 Å². The molecule has 1 rings (SSSR count). The van der Waals surface area contributed by atoms with Crippen molar-refractivity contribution in [2.24, 2.45) is 0 Å². The van der Waals surface area contributed by atoms with Crippen LogP contribution < -0.4 is 16.0 Å². The maximum atomic E-state index is 13.1. The van der Waals surface area contributed by atoms with Crippen LogP contribution in [0.5, 0.6) is 0 Å². The monoisotopic (exact) mass is 309 g/mol. The van der Waals surface area contributed by atoms with Crippen LogP contribution in [0.1, 0.15) is 38.3 Å². The van der Waals surface area contributed by atoms with Crippen LogP contribution in [-0.4, -0.2) is 24.0 Å². The molecule has 0 saturated heterocycles. The van der Waals surface area contributed by atoms with Crippen LogP contribution in [0.2, 0.25) is 0 Å². The highest BCUT2D eigenvalue weighted by molar-refractivity contribution is 5.86. The Balaban J connectivity index is 2.42. The summed E-state index contributed by atoms with van der Waals surface area (Å²) in [5, 5.41) is 8.01. The van der Waals surface area contributed by atoms with Crippen molar-refractivity contribution in [3.8, 4) is 0 Å². The molecule has 3 N–H and O–H groups in total. The van der Waals surface area contributed by atoms with Crippen molar-refractivity contribution in [3.63, 3.8) is 0 Å². The van der Waals surface area contributed by atoms with E-state index in [0.29, 0.717) is 5.56 Å². The second-order valence-electron chi connectivity index (χ2n) is 5.45. The predicted octanol–water partition coefficient (Wildman–Crippen LogP) is 2.24. The van der Waals surface area contributed by atoms with E-state index in [4.69, 9.17) is 0 Å². The fourth-order valence-electron chi connectivity index (χ4n) is 1.78. The van der Waals surface area contributed by atoms with Gasteiger partial charge in [0.15, 0.2) is 0 Å². The van der Waals surface area contributed by atoms with Gasteiger partial charge in [0.25, 0.3) is 0 Å². The Labute approximate surface area is 130 Å². The van der Waals surface area contributed by atoms with Gasteiger partial charge in [-0.1, -0.05) is 19.1 Å². The predicted molar refractivity (Wildman–Crippen MR) is 83.9 cm³/mol. The molecule has 0 aliphatic rings. The highest BCUT2D eigenvalue weighted by Gasteiger charge is 2.16. The molecule has 0 saturated carbocycles. The van der Waals surface area contributed by atoms with Crippen molar-refractivity contribution in [2.75, 3.05) is 0 Å². The summed E-state index contributed by atoms with van der Waals surface area (Å²) in [7, 11) is 0. The van der Waals surface area contributed by atoms with Gasteiger partial charge in [-0.25, -0.2) is 9.18 Å². The number of hydrogen-bond donors (Lipinski definition) is 3. The number of hydrogen-bond acceptors (Lipinski definition) is 2. The number of urea groups is 1. The molecule has 0 radical (unpaired) electrons. The van der Waals surface area contributed by atoms with E-state index in [0.717, 1.165) is 12.0 Å². The van der Waals surface area contributed by atoms with Gasteiger partial charge in [0, 0.05) is 12.6 Å². The first-order chi connectivity index (χ1) is 10.3. The normalized spacial score (nSPS) is 13.1. The van der Waals surface area contributed by atoms with Gasteiger partial charge in [-0.2, -0.15) is 0 Å². The molecule has 0 bridgehead atoms. The molecule has 0 aliphatic heterocycles. The second-order valence-corrected chi connectivity index (χ2v) is 5.45. The molecule has 0 heterocycles. The molecule has 0 aromatic heterocycles. The first kappa shape index (κ1) is 17.9. The molecule has 1 aromatic carbocycles. The fourth-order valence-corrected chi connectivity index (χ4v) is 1.78. The number of carbonyl (C=O) groups is 2. The SMILES string of the molecule is CC[C@H](C)NC(=O)[C@@H](C)NC(=O)NCc1ccc(F)c(C)c1. The summed E-state index contributed by atoms with van der Waals surface area (Å²) < 4.78 is 13.1. The molecule has 5 nitrogen and oxygen atoms in total. The summed E-state index contributed by atoms with van der Waals surface area (Å²) in [6.45, 7) is 7.44. The van der Waals surface area contributed by atoms with Gasteiger partial charge in [0.2, 0.25) is 5.91 Å². The zero-order valence-corrected chi connectivity index (χ0v) is 13.5. The molecule has 2 atom stereocenters. The Bertz CT molecular complexity index is 534. The third-order valence-corrected chi connectivity index (χ3v) is 3.42. The van der Waals surface area contributed by atoms with Gasteiger partial charge in [0.05, 0.1) is 0 Å². The third kappa shape index (κ3) is 5.71. The quantitative estimate of drug-likeness (QED) is 0.754. The molecule has 1 aromatic rings. The number of amides is 3. The molecule has 3 amide bonds. The van der Waals surface area contributed by atoms with Gasteiger partial charge in [0.1, 0.15) is 11.9 Å². The van der Waals surface area contributed by atoms with Crippen LogP contribution >= 0.6 is 0 Å². The van der Waals surface area contributed by atoms with Crippen molar-refractivity contribution < 1.29 is 14.0 Å². The summed E-state index contributed by atoms with van der Waals surface area (Å²) in [6.07, 6.45) is 0.828. The molecule has 122 valence electrons. The maximum Gasteiger partial charge on any atom is 0.315 e. The Morgan fingerprint density at radius 1 is 1.23 bits per heavy atom. The molecule has 0 spiro atoms. The largest absolute Gasteiger partial charge is 0.352 e. The van der Waals surface area contributed by atoms with Crippen molar-refractivity contribution in [1.82, 2.24) is 16.0 Å². The van der Waals surface area contributed by atoms with Gasteiger partial charge < -0.3 is 16.0 Å². The first-order valence-corrected chi connectivity index (χ1v) is 7.43. The molecule has 6 heteroatoms. The third-order valence-electron chi connectivity index (χ3n) is 3.42. The second kappa shape index (κ2) is 8.36. The lowest BCUT2D eigenvalue weighted by atomic mass is 10.1. The minimum atomic E-state index is -0.621. The lowest BCUT2D eigenvalue weighted by molar-refractivity contribution is -0.123. The van der Waals surface area contributed by atoms with E-state index in [9.17, 15) is 14.0 Å². The number of carbonyl (C=O) groups excluding carboxylic acids is 2. The standard InChI is InChI=1S/C16H24FN3O2/c1-5-11(3)19-15(21)12(4)20-16(22)18-9-13-6-7-14(17)10(2)8-13/h6-8,11-12H,5,9H2,1-4H3,(H,19,21)(H2,18,20,22)/t11-,12+/m0/s1. The topological polar surface area (TPSA) is 70.2 Å². The van der Waals surface area contributed by atoms with E-state index in [1.165, 1.54) is 6.07 Å². The average Bonchev–Trinajstić information content (AvgIpc) is 2.48. The Morgan fingerprint density at radius 3 is 2.50 bits per heavy atom. The number of rotatable bonds is 6. The maximum absolute atomic E-state index is 13.1. The smallest absolute Gasteiger partial charge is 0.315 e. The molecule has 0 aliphatic carbocycles. The van der Waals surface area contributed by atoms with Crippen LogP contribution in [-0.2, 0) is 11.3 Å². The Kier molecular flexibility index (Phi) is 6.82. The van der Waals surface area contributed by atoms with E-state index >= 15 is 0 Å². The van der Waals surface area contributed by atoms with E-state index in [1.807, 2.05) is 13.8 Å². The first-order valence-electron chi connectivity index (χ1n) is 7.43. The van der Waals surface area contributed by atoms with Crippen LogP contribution in [0.4, 0.5) is 9.18 Å². The Morgan fingerprint density at radius 2 is 1.91 bits per heavy atom. The van der Waals surface area contributed by atoms with Crippen molar-refractivity contribution in [1.29, 1.82) is 0 Å². The van der Waals surface area contributed by atoms with Crippen LogP contribution in [0.15, 0.2) is 18.2 Å². The Hall–Kier alpha value is -2.11. The number of benzene rings is 1. The van der Waals surface area contributed by atoms with E-state index in [-0.39, 0.29) is 24.3 Å². The van der Waals surface area contributed by atoms with Crippen LogP contribution in [0.3, 0.4) is 0 Å². The summed E-state index contributed by atoms with van der Waals surface area (Å²) in [6, 6.07) is 3.67. The summed E-state index contributed by atoms with van der Waals surface area (Å²) in [5.41, 5.74) is 1.33. The van der Waals surface area contributed by atoms with Crippen molar-refractivity contribution >= 4 is 11.9 Å². The molecule has 0 fully saturated rings.